The molecule has 0 aromatic heterocycles. The molecule has 0 saturated heterocycles. The maximum absolute atomic E-state index is 12.8. The Bertz CT molecular complexity index is 564. The van der Waals surface area contributed by atoms with E-state index >= 15 is 0 Å². The summed E-state index contributed by atoms with van der Waals surface area (Å²) in [6, 6.07) is 13.1. The van der Waals surface area contributed by atoms with E-state index in [1.165, 1.54) is 29.8 Å². The van der Waals surface area contributed by atoms with Gasteiger partial charge in [0.15, 0.2) is 0 Å². The van der Waals surface area contributed by atoms with Crippen molar-refractivity contribution in [3.8, 4) is 0 Å². The second-order valence-corrected chi connectivity index (χ2v) is 4.55. The first-order chi connectivity index (χ1) is 9.69. The van der Waals surface area contributed by atoms with Crippen LogP contribution in [0.2, 0.25) is 0 Å². The standard InChI is InChI=1S/C16H17FN2O/c17-14-7-5-13(6-8-14)16(20)19-15-9-3-12(4-10-15)2-1-11-18/h3-10H,1-2,11,18H2,(H,19,20). The fourth-order valence-electron chi connectivity index (χ4n) is 1.87. The van der Waals surface area contributed by atoms with Gasteiger partial charge in [0.25, 0.3) is 5.91 Å². The molecule has 2 aromatic rings. The smallest absolute Gasteiger partial charge is 0.255 e. The summed E-state index contributed by atoms with van der Waals surface area (Å²) in [5.41, 5.74) is 7.80. The molecule has 1 amide bonds. The molecule has 4 heteroatoms. The Hall–Kier alpha value is -2.20. The van der Waals surface area contributed by atoms with Crippen molar-refractivity contribution in [1.29, 1.82) is 0 Å². The van der Waals surface area contributed by atoms with E-state index in [1.54, 1.807) is 0 Å². The zero-order chi connectivity index (χ0) is 14.4. The van der Waals surface area contributed by atoms with E-state index < -0.39 is 0 Å². The molecule has 0 bridgehead atoms. The lowest BCUT2D eigenvalue weighted by Crippen LogP contribution is -2.11. The fourth-order valence-corrected chi connectivity index (χ4v) is 1.87. The maximum atomic E-state index is 12.8. The van der Waals surface area contributed by atoms with Crippen molar-refractivity contribution in [2.45, 2.75) is 12.8 Å². The molecule has 2 rings (SSSR count). The van der Waals surface area contributed by atoms with Crippen LogP contribution < -0.4 is 11.1 Å². The van der Waals surface area contributed by atoms with Gasteiger partial charge in [0.05, 0.1) is 0 Å². The van der Waals surface area contributed by atoms with E-state index in [2.05, 4.69) is 5.32 Å². The van der Waals surface area contributed by atoms with Crippen molar-refractivity contribution < 1.29 is 9.18 Å². The molecule has 0 fully saturated rings. The number of nitrogens with two attached hydrogens (primary N) is 1. The number of benzene rings is 2. The van der Waals surface area contributed by atoms with E-state index in [0.29, 0.717) is 12.1 Å². The molecule has 0 spiro atoms. The van der Waals surface area contributed by atoms with Crippen LogP contribution in [0.3, 0.4) is 0 Å². The van der Waals surface area contributed by atoms with Crippen LogP contribution in [0.15, 0.2) is 48.5 Å². The minimum absolute atomic E-state index is 0.250. The molecule has 3 N–H and O–H groups in total. The molecular weight excluding hydrogens is 255 g/mol. The SMILES string of the molecule is NCCCc1ccc(NC(=O)c2ccc(F)cc2)cc1. The number of carbonyl (C=O) groups is 1. The minimum atomic E-state index is -0.356. The normalized spacial score (nSPS) is 10.3. The monoisotopic (exact) mass is 272 g/mol. The molecular formula is C16H17FN2O. The highest BCUT2D eigenvalue weighted by Crippen LogP contribution is 2.13. The summed E-state index contributed by atoms with van der Waals surface area (Å²) in [5.74, 6) is -0.606. The summed E-state index contributed by atoms with van der Waals surface area (Å²) in [6.07, 6.45) is 1.88. The highest BCUT2D eigenvalue weighted by Gasteiger charge is 2.05. The number of anilines is 1. The van der Waals surface area contributed by atoms with Gasteiger partial charge in [-0.3, -0.25) is 4.79 Å². The zero-order valence-electron chi connectivity index (χ0n) is 11.1. The Balaban J connectivity index is 1.99. The molecule has 0 saturated carbocycles. The Kier molecular flexibility index (Phi) is 4.85. The molecule has 3 nitrogen and oxygen atoms in total. The summed E-state index contributed by atoms with van der Waals surface area (Å²) in [5, 5.41) is 2.77. The van der Waals surface area contributed by atoms with Crippen molar-refractivity contribution in [2.24, 2.45) is 5.73 Å². The van der Waals surface area contributed by atoms with Crippen LogP contribution in [0.4, 0.5) is 10.1 Å². The molecule has 104 valence electrons. The van der Waals surface area contributed by atoms with Gasteiger partial charge in [-0.05, 0) is 61.3 Å². The molecule has 0 unspecified atom stereocenters. The van der Waals surface area contributed by atoms with Crippen molar-refractivity contribution in [3.05, 3.63) is 65.5 Å². The van der Waals surface area contributed by atoms with Crippen LogP contribution in [0, 0.1) is 5.82 Å². The van der Waals surface area contributed by atoms with Gasteiger partial charge in [-0.1, -0.05) is 12.1 Å². The van der Waals surface area contributed by atoms with Crippen LogP contribution in [0.5, 0.6) is 0 Å². The molecule has 0 atom stereocenters. The van der Waals surface area contributed by atoms with Gasteiger partial charge in [-0.15, -0.1) is 0 Å². The van der Waals surface area contributed by atoms with E-state index in [9.17, 15) is 9.18 Å². The van der Waals surface area contributed by atoms with Crippen molar-refractivity contribution in [1.82, 2.24) is 0 Å². The number of rotatable bonds is 5. The summed E-state index contributed by atoms with van der Waals surface area (Å²) in [4.78, 5) is 11.9. The van der Waals surface area contributed by atoms with Gasteiger partial charge in [0, 0.05) is 11.3 Å². The number of hydrogen-bond donors (Lipinski definition) is 2. The Labute approximate surface area is 117 Å². The van der Waals surface area contributed by atoms with Crippen LogP contribution >= 0.6 is 0 Å². The summed E-state index contributed by atoms with van der Waals surface area (Å²) < 4.78 is 12.8. The highest BCUT2D eigenvalue weighted by atomic mass is 19.1. The number of carbonyl (C=O) groups excluding carboxylic acids is 1. The Morgan fingerprint density at radius 2 is 1.70 bits per heavy atom. The number of nitrogens with one attached hydrogen (secondary N) is 1. The first kappa shape index (κ1) is 14.2. The lowest BCUT2D eigenvalue weighted by atomic mass is 10.1. The predicted octanol–water partition coefficient (Wildman–Crippen LogP) is 2.97. The first-order valence-corrected chi connectivity index (χ1v) is 6.55. The van der Waals surface area contributed by atoms with Crippen molar-refractivity contribution in [3.63, 3.8) is 0 Å². The fraction of sp³-hybridized carbons (Fsp3) is 0.188. The van der Waals surface area contributed by atoms with E-state index in [-0.39, 0.29) is 11.7 Å². The van der Waals surface area contributed by atoms with Gasteiger partial charge < -0.3 is 11.1 Å². The number of halogens is 1. The highest BCUT2D eigenvalue weighted by molar-refractivity contribution is 6.04. The Morgan fingerprint density at radius 3 is 2.30 bits per heavy atom. The number of aryl methyl sites for hydroxylation is 1. The van der Waals surface area contributed by atoms with Gasteiger partial charge in [0.1, 0.15) is 5.82 Å². The van der Waals surface area contributed by atoms with E-state index in [0.717, 1.165) is 18.5 Å². The summed E-state index contributed by atoms with van der Waals surface area (Å²) in [7, 11) is 0. The third-order valence-corrected chi connectivity index (χ3v) is 2.99. The number of amides is 1. The topological polar surface area (TPSA) is 55.1 Å². The predicted molar refractivity (Wildman–Crippen MR) is 78.2 cm³/mol. The average Bonchev–Trinajstić information content (AvgIpc) is 2.47. The molecule has 0 heterocycles. The molecule has 0 aliphatic rings. The van der Waals surface area contributed by atoms with Crippen LogP contribution in [-0.4, -0.2) is 12.5 Å². The first-order valence-electron chi connectivity index (χ1n) is 6.55. The van der Waals surface area contributed by atoms with Gasteiger partial charge >= 0.3 is 0 Å². The van der Waals surface area contributed by atoms with Crippen molar-refractivity contribution >= 4 is 11.6 Å². The third-order valence-electron chi connectivity index (χ3n) is 2.99. The lowest BCUT2D eigenvalue weighted by Gasteiger charge is -2.06. The zero-order valence-corrected chi connectivity index (χ0v) is 11.1. The largest absolute Gasteiger partial charge is 0.330 e. The molecule has 20 heavy (non-hydrogen) atoms. The minimum Gasteiger partial charge on any atom is -0.330 e. The molecule has 2 aromatic carbocycles. The van der Waals surface area contributed by atoms with Gasteiger partial charge in [0.2, 0.25) is 0 Å². The average molecular weight is 272 g/mol. The summed E-state index contributed by atoms with van der Waals surface area (Å²) >= 11 is 0. The van der Waals surface area contributed by atoms with Crippen LogP contribution in [-0.2, 0) is 6.42 Å². The lowest BCUT2D eigenvalue weighted by molar-refractivity contribution is 0.102. The third kappa shape index (κ3) is 3.90. The second kappa shape index (κ2) is 6.82. The summed E-state index contributed by atoms with van der Waals surface area (Å²) in [6.45, 7) is 0.670. The molecule has 0 aliphatic heterocycles. The van der Waals surface area contributed by atoms with Crippen LogP contribution in [0.25, 0.3) is 0 Å². The second-order valence-electron chi connectivity index (χ2n) is 4.55. The van der Waals surface area contributed by atoms with Crippen molar-refractivity contribution in [2.75, 3.05) is 11.9 Å². The maximum Gasteiger partial charge on any atom is 0.255 e. The quantitative estimate of drug-likeness (QED) is 0.879. The van der Waals surface area contributed by atoms with Gasteiger partial charge in [-0.2, -0.15) is 0 Å². The molecule has 0 aliphatic carbocycles. The Morgan fingerprint density at radius 1 is 1.05 bits per heavy atom. The molecule has 0 radical (unpaired) electrons. The van der Waals surface area contributed by atoms with E-state index in [1.807, 2.05) is 24.3 Å². The number of hydrogen-bond acceptors (Lipinski definition) is 2. The van der Waals surface area contributed by atoms with Gasteiger partial charge in [-0.25, -0.2) is 4.39 Å². The van der Waals surface area contributed by atoms with Crippen LogP contribution in [0.1, 0.15) is 22.3 Å². The van der Waals surface area contributed by atoms with E-state index in [4.69, 9.17) is 5.73 Å².